The number of carbonyl (C=O) groups excluding carboxylic acids is 2. The number of amides is 1. The van der Waals surface area contributed by atoms with Crippen LogP contribution in [-0.4, -0.2) is 40.3 Å². The highest BCUT2D eigenvalue weighted by Crippen LogP contribution is 2.23. The maximum Gasteiger partial charge on any atom is 0.417 e. The Morgan fingerprint density at radius 1 is 1.25 bits per heavy atom. The number of esters is 1. The number of aliphatic hydroxyl groups is 1. The maximum absolute atomic E-state index is 12.3. The number of aliphatic hydroxyl groups excluding tert-OH is 1. The van der Waals surface area contributed by atoms with Crippen molar-refractivity contribution < 1.29 is 24.2 Å². The summed E-state index contributed by atoms with van der Waals surface area (Å²) < 4.78 is 10.6. The first kappa shape index (κ1) is 17.8. The van der Waals surface area contributed by atoms with E-state index in [0.717, 1.165) is 4.90 Å². The second-order valence-electron chi connectivity index (χ2n) is 6.61. The Bertz CT molecular complexity index is 618. The number of hydrogen-bond donors (Lipinski definition) is 1. The van der Waals surface area contributed by atoms with Crippen LogP contribution in [0.5, 0.6) is 0 Å². The minimum Gasteiger partial charge on any atom is -0.495 e. The Morgan fingerprint density at radius 2 is 1.92 bits per heavy atom. The summed E-state index contributed by atoms with van der Waals surface area (Å²) in [5.74, 6) is -0.634. The molecule has 0 fully saturated rings. The Hall–Kier alpha value is -2.50. The fourth-order valence-electron chi connectivity index (χ4n) is 2.36. The molecule has 24 heavy (non-hydrogen) atoms. The topological polar surface area (TPSA) is 76.1 Å². The van der Waals surface area contributed by atoms with Crippen molar-refractivity contribution in [3.63, 3.8) is 0 Å². The minimum atomic E-state index is -0.680. The van der Waals surface area contributed by atoms with E-state index in [9.17, 15) is 14.7 Å². The third kappa shape index (κ3) is 4.75. The third-order valence-corrected chi connectivity index (χ3v) is 3.45. The van der Waals surface area contributed by atoms with E-state index in [1.807, 2.05) is 6.07 Å². The SMILES string of the molecule is CC(C)(C)OC(=O)N1C(O)=CCC[C@H]1COC(=O)c1ccccc1. The molecule has 1 aromatic carbocycles. The van der Waals surface area contributed by atoms with Crippen LogP contribution in [0.15, 0.2) is 42.3 Å². The van der Waals surface area contributed by atoms with E-state index in [1.165, 1.54) is 0 Å². The molecule has 130 valence electrons. The van der Waals surface area contributed by atoms with Crippen LogP contribution in [0.1, 0.15) is 44.0 Å². The van der Waals surface area contributed by atoms with Gasteiger partial charge < -0.3 is 14.6 Å². The summed E-state index contributed by atoms with van der Waals surface area (Å²) in [5.41, 5.74) is -0.239. The molecular formula is C18H23NO5. The van der Waals surface area contributed by atoms with Gasteiger partial charge in [-0.15, -0.1) is 0 Å². The van der Waals surface area contributed by atoms with E-state index >= 15 is 0 Å². The first-order chi connectivity index (χ1) is 11.3. The lowest BCUT2D eigenvalue weighted by Crippen LogP contribution is -2.46. The van der Waals surface area contributed by atoms with Crippen molar-refractivity contribution in [2.45, 2.75) is 45.3 Å². The molecule has 0 saturated carbocycles. The average Bonchev–Trinajstić information content (AvgIpc) is 2.51. The second-order valence-corrected chi connectivity index (χ2v) is 6.61. The fraction of sp³-hybridized carbons (Fsp3) is 0.444. The molecule has 1 atom stereocenters. The summed E-state index contributed by atoms with van der Waals surface area (Å²) in [5, 5.41) is 10.0. The summed E-state index contributed by atoms with van der Waals surface area (Å²) in [6.07, 6.45) is 2.07. The fourth-order valence-corrected chi connectivity index (χ4v) is 2.36. The average molecular weight is 333 g/mol. The number of ether oxygens (including phenoxy) is 2. The van der Waals surface area contributed by atoms with Gasteiger partial charge in [-0.25, -0.2) is 14.5 Å². The van der Waals surface area contributed by atoms with Gasteiger partial charge in [0.25, 0.3) is 0 Å². The van der Waals surface area contributed by atoms with Gasteiger partial charge >= 0.3 is 12.1 Å². The Labute approximate surface area is 141 Å². The van der Waals surface area contributed by atoms with Crippen LogP contribution >= 0.6 is 0 Å². The molecule has 0 radical (unpaired) electrons. The predicted molar refractivity (Wildman–Crippen MR) is 88.5 cm³/mol. The van der Waals surface area contributed by atoms with Crippen molar-refractivity contribution in [1.82, 2.24) is 4.90 Å². The molecule has 1 amide bonds. The minimum absolute atomic E-state index is 0.00906. The van der Waals surface area contributed by atoms with Crippen LogP contribution in [-0.2, 0) is 9.47 Å². The Morgan fingerprint density at radius 3 is 2.54 bits per heavy atom. The molecule has 1 aliphatic heterocycles. The van der Waals surface area contributed by atoms with Gasteiger partial charge in [-0.2, -0.15) is 0 Å². The van der Waals surface area contributed by atoms with Crippen molar-refractivity contribution in [2.75, 3.05) is 6.61 Å². The lowest BCUT2D eigenvalue weighted by atomic mass is 10.1. The molecule has 1 aromatic rings. The zero-order valence-corrected chi connectivity index (χ0v) is 14.2. The molecule has 0 aromatic heterocycles. The molecule has 0 aliphatic carbocycles. The Kier molecular flexibility index (Phi) is 5.49. The van der Waals surface area contributed by atoms with Gasteiger partial charge in [-0.3, -0.25) is 0 Å². The molecule has 0 saturated heterocycles. The maximum atomic E-state index is 12.3. The number of benzene rings is 1. The summed E-state index contributed by atoms with van der Waals surface area (Å²) in [4.78, 5) is 25.5. The van der Waals surface area contributed by atoms with Crippen LogP contribution < -0.4 is 0 Å². The molecule has 0 bridgehead atoms. The predicted octanol–water partition coefficient (Wildman–Crippen LogP) is 3.64. The van der Waals surface area contributed by atoms with Gasteiger partial charge in [-0.1, -0.05) is 18.2 Å². The van der Waals surface area contributed by atoms with E-state index < -0.39 is 23.7 Å². The molecule has 1 heterocycles. The van der Waals surface area contributed by atoms with Crippen molar-refractivity contribution >= 4 is 12.1 Å². The van der Waals surface area contributed by atoms with Gasteiger partial charge in [0.15, 0.2) is 5.88 Å². The summed E-state index contributed by atoms with van der Waals surface area (Å²) in [6, 6.07) is 8.17. The van der Waals surface area contributed by atoms with E-state index in [4.69, 9.17) is 9.47 Å². The van der Waals surface area contributed by atoms with Crippen molar-refractivity contribution in [1.29, 1.82) is 0 Å². The number of rotatable bonds is 3. The molecular weight excluding hydrogens is 310 g/mol. The van der Waals surface area contributed by atoms with E-state index in [2.05, 4.69) is 0 Å². The van der Waals surface area contributed by atoms with Gasteiger partial charge in [-0.05, 0) is 51.8 Å². The first-order valence-electron chi connectivity index (χ1n) is 7.91. The normalized spacial score (nSPS) is 17.9. The lowest BCUT2D eigenvalue weighted by molar-refractivity contribution is -0.00425. The molecule has 0 spiro atoms. The molecule has 6 nitrogen and oxygen atoms in total. The smallest absolute Gasteiger partial charge is 0.417 e. The molecule has 6 heteroatoms. The lowest BCUT2D eigenvalue weighted by Gasteiger charge is -2.34. The highest BCUT2D eigenvalue weighted by molar-refractivity contribution is 5.89. The Balaban J connectivity index is 2.03. The quantitative estimate of drug-likeness (QED) is 0.855. The zero-order valence-electron chi connectivity index (χ0n) is 14.2. The summed E-state index contributed by atoms with van der Waals surface area (Å²) in [6.45, 7) is 5.24. The van der Waals surface area contributed by atoms with Crippen LogP contribution in [0.4, 0.5) is 4.79 Å². The standard InChI is InChI=1S/C18H23NO5/c1-18(2,3)24-17(22)19-14(10-7-11-15(19)20)12-23-16(21)13-8-5-4-6-9-13/h4-6,8-9,11,14,20H,7,10,12H2,1-3H3/t14-/m0/s1. The number of nitrogens with zero attached hydrogens (tertiary/aromatic N) is 1. The molecule has 1 N–H and O–H groups in total. The van der Waals surface area contributed by atoms with Crippen molar-refractivity contribution in [3.8, 4) is 0 Å². The number of allylic oxidation sites excluding steroid dienone is 1. The van der Waals surface area contributed by atoms with Crippen LogP contribution in [0.25, 0.3) is 0 Å². The zero-order chi connectivity index (χ0) is 17.7. The van der Waals surface area contributed by atoms with E-state index in [0.29, 0.717) is 18.4 Å². The summed E-state index contributed by atoms with van der Waals surface area (Å²) in [7, 11) is 0. The van der Waals surface area contributed by atoms with Gasteiger partial charge in [0.2, 0.25) is 0 Å². The molecule has 1 aliphatic rings. The van der Waals surface area contributed by atoms with Crippen LogP contribution in [0.3, 0.4) is 0 Å². The van der Waals surface area contributed by atoms with E-state index in [1.54, 1.807) is 51.1 Å². The van der Waals surface area contributed by atoms with Gasteiger partial charge in [0, 0.05) is 0 Å². The monoisotopic (exact) mass is 333 g/mol. The second kappa shape index (κ2) is 7.38. The number of carbonyl (C=O) groups is 2. The highest BCUT2D eigenvalue weighted by atomic mass is 16.6. The van der Waals surface area contributed by atoms with Gasteiger partial charge in [0.1, 0.15) is 12.2 Å². The third-order valence-electron chi connectivity index (χ3n) is 3.45. The molecule has 0 unspecified atom stereocenters. The van der Waals surface area contributed by atoms with Gasteiger partial charge in [0.05, 0.1) is 11.6 Å². The van der Waals surface area contributed by atoms with Crippen LogP contribution in [0.2, 0.25) is 0 Å². The highest BCUT2D eigenvalue weighted by Gasteiger charge is 2.34. The number of hydrogen-bond acceptors (Lipinski definition) is 5. The molecule has 2 rings (SSSR count). The van der Waals surface area contributed by atoms with E-state index in [-0.39, 0.29) is 12.5 Å². The van der Waals surface area contributed by atoms with Crippen molar-refractivity contribution in [3.05, 3.63) is 47.9 Å². The first-order valence-corrected chi connectivity index (χ1v) is 7.91. The largest absolute Gasteiger partial charge is 0.495 e. The summed E-state index contributed by atoms with van der Waals surface area (Å²) >= 11 is 0. The van der Waals surface area contributed by atoms with Crippen LogP contribution in [0, 0.1) is 0 Å². The van der Waals surface area contributed by atoms with Crippen molar-refractivity contribution in [2.24, 2.45) is 0 Å².